The van der Waals surface area contributed by atoms with Gasteiger partial charge in [0.1, 0.15) is 11.3 Å². The first-order valence-corrected chi connectivity index (χ1v) is 4.17. The molecule has 1 aromatic rings. The van der Waals surface area contributed by atoms with Crippen molar-refractivity contribution >= 4 is 11.8 Å². The zero-order valence-electron chi connectivity index (χ0n) is 8.54. The van der Waals surface area contributed by atoms with E-state index in [9.17, 15) is 18.4 Å². The van der Waals surface area contributed by atoms with E-state index in [1.165, 1.54) is 7.11 Å². The molecule has 0 amide bonds. The molecule has 0 radical (unpaired) electrons. The summed E-state index contributed by atoms with van der Waals surface area (Å²) >= 11 is 0. The first-order valence-electron chi connectivity index (χ1n) is 4.17. The standard InChI is InChI=1S/C10H8F2O4/c1-15-6-4-3-5(11)8(12)7(6)9(13)10(14)16-2/h3-4H,1-2H3. The number of halogens is 2. The summed E-state index contributed by atoms with van der Waals surface area (Å²) in [5, 5.41) is 0. The zero-order valence-corrected chi connectivity index (χ0v) is 8.54. The van der Waals surface area contributed by atoms with E-state index in [0.717, 1.165) is 19.2 Å². The van der Waals surface area contributed by atoms with Gasteiger partial charge >= 0.3 is 5.97 Å². The van der Waals surface area contributed by atoms with Gasteiger partial charge in [-0.2, -0.15) is 0 Å². The second-order valence-electron chi connectivity index (χ2n) is 2.76. The van der Waals surface area contributed by atoms with Gasteiger partial charge in [-0.3, -0.25) is 4.79 Å². The maximum atomic E-state index is 13.3. The van der Waals surface area contributed by atoms with E-state index in [1.54, 1.807) is 0 Å². The molecule has 86 valence electrons. The Bertz CT molecular complexity index is 443. The lowest BCUT2D eigenvalue weighted by molar-refractivity contribution is -0.135. The summed E-state index contributed by atoms with van der Waals surface area (Å²) < 4.78 is 35.0. The van der Waals surface area contributed by atoms with Gasteiger partial charge in [0.2, 0.25) is 0 Å². The molecular formula is C10H8F2O4. The van der Waals surface area contributed by atoms with E-state index in [0.29, 0.717) is 0 Å². The first-order chi connectivity index (χ1) is 7.52. The van der Waals surface area contributed by atoms with Crippen molar-refractivity contribution in [3.8, 4) is 5.75 Å². The lowest BCUT2D eigenvalue weighted by Crippen LogP contribution is -2.18. The fraction of sp³-hybridized carbons (Fsp3) is 0.200. The van der Waals surface area contributed by atoms with Crippen LogP contribution in [-0.4, -0.2) is 26.0 Å². The number of hydrogen-bond acceptors (Lipinski definition) is 4. The zero-order chi connectivity index (χ0) is 12.3. The Kier molecular flexibility index (Phi) is 3.55. The molecule has 1 rings (SSSR count). The Morgan fingerprint density at radius 1 is 1.19 bits per heavy atom. The molecule has 0 N–H and O–H groups in total. The first kappa shape index (κ1) is 12.1. The monoisotopic (exact) mass is 230 g/mol. The summed E-state index contributed by atoms with van der Waals surface area (Å²) in [7, 11) is 2.13. The third-order valence-corrected chi connectivity index (χ3v) is 1.87. The molecule has 0 saturated heterocycles. The molecule has 16 heavy (non-hydrogen) atoms. The van der Waals surface area contributed by atoms with Crippen LogP contribution >= 0.6 is 0 Å². The van der Waals surface area contributed by atoms with E-state index in [4.69, 9.17) is 0 Å². The number of rotatable bonds is 3. The molecule has 0 bridgehead atoms. The number of benzene rings is 1. The van der Waals surface area contributed by atoms with Crippen LogP contribution in [0.15, 0.2) is 12.1 Å². The molecular weight excluding hydrogens is 222 g/mol. The molecule has 0 aliphatic heterocycles. The highest BCUT2D eigenvalue weighted by atomic mass is 19.2. The summed E-state index contributed by atoms with van der Waals surface area (Å²) in [4.78, 5) is 22.3. The van der Waals surface area contributed by atoms with Crippen LogP contribution in [0.1, 0.15) is 10.4 Å². The second-order valence-corrected chi connectivity index (χ2v) is 2.76. The Morgan fingerprint density at radius 2 is 1.81 bits per heavy atom. The van der Waals surface area contributed by atoms with Gasteiger partial charge in [-0.25, -0.2) is 13.6 Å². The van der Waals surface area contributed by atoms with Crippen LogP contribution < -0.4 is 4.74 Å². The summed E-state index contributed by atoms with van der Waals surface area (Å²) in [6, 6.07) is 1.84. The van der Waals surface area contributed by atoms with Gasteiger partial charge in [-0.15, -0.1) is 0 Å². The normalized spacial score (nSPS) is 9.75. The average molecular weight is 230 g/mol. The number of methoxy groups -OCH3 is 2. The van der Waals surface area contributed by atoms with Crippen molar-refractivity contribution in [1.29, 1.82) is 0 Å². The molecule has 0 unspecified atom stereocenters. The third-order valence-electron chi connectivity index (χ3n) is 1.87. The minimum absolute atomic E-state index is 0.227. The molecule has 0 atom stereocenters. The fourth-order valence-electron chi connectivity index (χ4n) is 1.11. The van der Waals surface area contributed by atoms with Crippen molar-refractivity contribution < 1.29 is 27.8 Å². The van der Waals surface area contributed by atoms with Crippen molar-refractivity contribution in [3.63, 3.8) is 0 Å². The number of carbonyl (C=O) groups is 2. The highest BCUT2D eigenvalue weighted by molar-refractivity contribution is 6.41. The molecule has 0 spiro atoms. The van der Waals surface area contributed by atoms with Crippen LogP contribution in [-0.2, 0) is 9.53 Å². The average Bonchev–Trinajstić information content (AvgIpc) is 2.30. The number of esters is 1. The van der Waals surface area contributed by atoms with Crippen LogP contribution in [0, 0.1) is 11.6 Å². The highest BCUT2D eigenvalue weighted by Gasteiger charge is 2.27. The molecule has 0 heterocycles. The summed E-state index contributed by atoms with van der Waals surface area (Å²) in [5.74, 6) is -5.49. The van der Waals surface area contributed by atoms with Crippen LogP contribution in [0.5, 0.6) is 5.75 Å². The largest absolute Gasteiger partial charge is 0.496 e. The number of ether oxygens (including phenoxy) is 2. The van der Waals surface area contributed by atoms with E-state index in [2.05, 4.69) is 9.47 Å². The molecule has 0 aliphatic rings. The van der Waals surface area contributed by atoms with Crippen molar-refractivity contribution in [2.45, 2.75) is 0 Å². The predicted molar refractivity (Wildman–Crippen MR) is 49.3 cm³/mol. The van der Waals surface area contributed by atoms with Gasteiger partial charge in [-0.1, -0.05) is 0 Å². The number of Topliss-reactive ketones (excluding diaryl/α,β-unsaturated/α-hetero) is 1. The van der Waals surface area contributed by atoms with Gasteiger partial charge in [-0.05, 0) is 12.1 Å². The van der Waals surface area contributed by atoms with Crippen LogP contribution in [0.25, 0.3) is 0 Å². The Labute approximate surface area is 89.8 Å². The Hall–Kier alpha value is -1.98. The summed E-state index contributed by atoms with van der Waals surface area (Å²) in [6.45, 7) is 0. The van der Waals surface area contributed by atoms with Crippen molar-refractivity contribution in [1.82, 2.24) is 0 Å². The molecule has 1 aromatic carbocycles. The smallest absolute Gasteiger partial charge is 0.379 e. The Balaban J connectivity index is 3.35. The lowest BCUT2D eigenvalue weighted by atomic mass is 10.1. The SMILES string of the molecule is COC(=O)C(=O)c1c(OC)ccc(F)c1F. The molecule has 4 nitrogen and oxygen atoms in total. The molecule has 0 fully saturated rings. The predicted octanol–water partition coefficient (Wildman–Crippen LogP) is 1.33. The van der Waals surface area contributed by atoms with Gasteiger partial charge < -0.3 is 9.47 Å². The van der Waals surface area contributed by atoms with E-state index >= 15 is 0 Å². The second kappa shape index (κ2) is 4.69. The van der Waals surface area contributed by atoms with E-state index in [-0.39, 0.29) is 5.75 Å². The minimum Gasteiger partial charge on any atom is -0.496 e. The number of ketones is 1. The van der Waals surface area contributed by atoms with Gasteiger partial charge in [0.15, 0.2) is 11.6 Å². The molecule has 0 aromatic heterocycles. The maximum absolute atomic E-state index is 13.3. The van der Waals surface area contributed by atoms with E-state index < -0.39 is 29.0 Å². The van der Waals surface area contributed by atoms with Gasteiger partial charge in [0.05, 0.1) is 14.2 Å². The molecule has 6 heteroatoms. The van der Waals surface area contributed by atoms with Crippen molar-refractivity contribution in [2.75, 3.05) is 14.2 Å². The Morgan fingerprint density at radius 3 is 2.31 bits per heavy atom. The summed E-state index contributed by atoms with van der Waals surface area (Å²) in [6.07, 6.45) is 0. The highest BCUT2D eigenvalue weighted by Crippen LogP contribution is 2.24. The fourth-order valence-corrected chi connectivity index (χ4v) is 1.11. The van der Waals surface area contributed by atoms with Crippen LogP contribution in [0.4, 0.5) is 8.78 Å². The van der Waals surface area contributed by atoms with Gasteiger partial charge in [0, 0.05) is 0 Å². The summed E-state index contributed by atoms with van der Waals surface area (Å²) in [5.41, 5.74) is -0.769. The van der Waals surface area contributed by atoms with Crippen molar-refractivity contribution in [3.05, 3.63) is 29.3 Å². The quantitative estimate of drug-likeness (QED) is 0.446. The number of carbonyl (C=O) groups excluding carboxylic acids is 2. The topological polar surface area (TPSA) is 52.6 Å². The molecule has 0 aliphatic carbocycles. The van der Waals surface area contributed by atoms with Gasteiger partial charge in [0.25, 0.3) is 5.78 Å². The maximum Gasteiger partial charge on any atom is 0.379 e. The number of hydrogen-bond donors (Lipinski definition) is 0. The van der Waals surface area contributed by atoms with Crippen molar-refractivity contribution in [2.24, 2.45) is 0 Å². The molecule has 0 saturated carbocycles. The minimum atomic E-state index is -1.44. The lowest BCUT2D eigenvalue weighted by Gasteiger charge is -2.07. The van der Waals surface area contributed by atoms with E-state index in [1.807, 2.05) is 0 Å². The van der Waals surface area contributed by atoms with Crippen LogP contribution in [0.3, 0.4) is 0 Å². The third kappa shape index (κ3) is 2.00. The van der Waals surface area contributed by atoms with Crippen LogP contribution in [0.2, 0.25) is 0 Å².